The highest BCUT2D eigenvalue weighted by atomic mass is 16.5. The van der Waals surface area contributed by atoms with Gasteiger partial charge in [0.05, 0.1) is 5.56 Å². The molecule has 0 atom stereocenters. The summed E-state index contributed by atoms with van der Waals surface area (Å²) in [7, 11) is 0. The lowest BCUT2D eigenvalue weighted by Crippen LogP contribution is -1.98. The molecule has 3 heteroatoms. The van der Waals surface area contributed by atoms with E-state index in [-0.39, 0.29) is 0 Å². The summed E-state index contributed by atoms with van der Waals surface area (Å²) >= 11 is 0. The van der Waals surface area contributed by atoms with Gasteiger partial charge >= 0.3 is 0 Å². The quantitative estimate of drug-likeness (QED) is 0.626. The van der Waals surface area contributed by atoms with E-state index in [0.717, 1.165) is 16.1 Å². The predicted molar refractivity (Wildman–Crippen MR) is 59.9 cm³/mol. The fraction of sp³-hybridized carbons (Fsp3) is 0.0769. The lowest BCUT2D eigenvalue weighted by molar-refractivity contribution is -0.479. The van der Waals surface area contributed by atoms with Crippen LogP contribution >= 0.6 is 0 Å². The maximum atomic E-state index is 11.9. The average Bonchev–Trinajstić information content (AvgIpc) is 2.45. The molecule has 78 valence electrons. The van der Waals surface area contributed by atoms with Crippen LogP contribution in [-0.2, 0) is 6.54 Å². The molecule has 3 rings (SSSR count). The summed E-state index contributed by atoms with van der Waals surface area (Å²) in [5.74, 6) is 1.37. The first-order chi connectivity index (χ1) is 7.84. The van der Waals surface area contributed by atoms with Crippen LogP contribution in [0, 0.1) is 4.91 Å². The smallest absolute Gasteiger partial charge is 0.298 e. The second-order valence-corrected chi connectivity index (χ2v) is 3.71. The Morgan fingerprint density at radius 3 is 2.50 bits per heavy atom. The zero-order chi connectivity index (χ0) is 11.0. The van der Waals surface area contributed by atoms with E-state index in [1.807, 2.05) is 42.5 Å². The molecule has 2 aromatic rings. The Hall–Kier alpha value is -2.16. The highest BCUT2D eigenvalue weighted by molar-refractivity contribution is 5.50. The molecule has 0 aromatic heterocycles. The van der Waals surface area contributed by atoms with E-state index in [1.54, 1.807) is 6.07 Å². The molecule has 0 bridgehead atoms. The number of nitrogens with zero attached hydrogens (tertiary/aromatic N) is 1. The molecule has 0 saturated carbocycles. The SMILES string of the molecule is O=[N+]1Cc2ccccc2Oc2ccccc21. The average molecular weight is 212 g/mol. The fourth-order valence-electron chi connectivity index (χ4n) is 1.84. The van der Waals surface area contributed by atoms with Crippen molar-refractivity contribution in [2.45, 2.75) is 6.54 Å². The lowest BCUT2D eigenvalue weighted by atomic mass is 10.2. The molecule has 1 aliphatic heterocycles. The first-order valence-corrected chi connectivity index (χ1v) is 5.14. The van der Waals surface area contributed by atoms with Gasteiger partial charge in [-0.05, 0) is 18.2 Å². The number of ether oxygens (including phenoxy) is 1. The van der Waals surface area contributed by atoms with Crippen molar-refractivity contribution >= 4 is 5.69 Å². The minimum Gasteiger partial charge on any atom is -0.450 e. The van der Waals surface area contributed by atoms with Gasteiger partial charge in [0.1, 0.15) is 5.75 Å². The van der Waals surface area contributed by atoms with Crippen LogP contribution in [0.1, 0.15) is 5.56 Å². The van der Waals surface area contributed by atoms with Crippen LogP contribution in [0.25, 0.3) is 0 Å². The molecular weight excluding hydrogens is 202 g/mol. The first-order valence-electron chi connectivity index (χ1n) is 5.14. The molecular formula is C13H10NO2+. The van der Waals surface area contributed by atoms with E-state index in [0.29, 0.717) is 18.0 Å². The summed E-state index contributed by atoms with van der Waals surface area (Å²) in [4.78, 5) is 11.9. The Morgan fingerprint density at radius 1 is 0.938 bits per heavy atom. The molecule has 0 radical (unpaired) electrons. The molecule has 1 heterocycles. The van der Waals surface area contributed by atoms with Crippen LogP contribution in [0.2, 0.25) is 0 Å². The summed E-state index contributed by atoms with van der Waals surface area (Å²) in [6.07, 6.45) is 0. The lowest BCUT2D eigenvalue weighted by Gasteiger charge is -2.03. The summed E-state index contributed by atoms with van der Waals surface area (Å²) in [6, 6.07) is 14.9. The van der Waals surface area contributed by atoms with Gasteiger partial charge in [-0.15, -0.1) is 0 Å². The predicted octanol–water partition coefficient (Wildman–Crippen LogP) is 3.40. The third-order valence-corrected chi connectivity index (χ3v) is 2.64. The van der Waals surface area contributed by atoms with Crippen molar-refractivity contribution in [2.75, 3.05) is 0 Å². The number of fused-ring (bicyclic) bond motifs is 2. The van der Waals surface area contributed by atoms with Gasteiger partial charge in [0, 0.05) is 15.7 Å². The Balaban J connectivity index is 2.18. The van der Waals surface area contributed by atoms with E-state index >= 15 is 0 Å². The first kappa shape index (κ1) is 9.09. The molecule has 16 heavy (non-hydrogen) atoms. The van der Waals surface area contributed by atoms with Crippen molar-refractivity contribution in [1.29, 1.82) is 0 Å². The van der Waals surface area contributed by atoms with Crippen molar-refractivity contribution in [2.24, 2.45) is 0 Å². The van der Waals surface area contributed by atoms with Gasteiger partial charge in [-0.3, -0.25) is 0 Å². The van der Waals surface area contributed by atoms with Gasteiger partial charge in [-0.25, -0.2) is 0 Å². The molecule has 0 N–H and O–H groups in total. The summed E-state index contributed by atoms with van der Waals surface area (Å²) in [5, 5.41) is 0. The summed E-state index contributed by atoms with van der Waals surface area (Å²) < 4.78 is 6.69. The normalized spacial score (nSPS) is 13.4. The Kier molecular flexibility index (Phi) is 1.96. The van der Waals surface area contributed by atoms with Gasteiger partial charge in [0.2, 0.25) is 12.3 Å². The van der Waals surface area contributed by atoms with Crippen molar-refractivity contribution < 1.29 is 9.50 Å². The van der Waals surface area contributed by atoms with Gasteiger partial charge in [0.15, 0.2) is 0 Å². The van der Waals surface area contributed by atoms with E-state index in [4.69, 9.17) is 4.74 Å². The zero-order valence-electron chi connectivity index (χ0n) is 8.59. The van der Waals surface area contributed by atoms with Crippen molar-refractivity contribution in [3.8, 4) is 11.5 Å². The number of hydrogen-bond acceptors (Lipinski definition) is 2. The number of rotatable bonds is 0. The molecule has 1 aliphatic rings. The molecule has 0 spiro atoms. The topological polar surface area (TPSA) is 29.3 Å². The van der Waals surface area contributed by atoms with Crippen LogP contribution in [0.15, 0.2) is 48.5 Å². The number of nitroso groups, excluding NO2 is 1. The highest BCUT2D eigenvalue weighted by Gasteiger charge is 2.26. The standard InChI is InChI=1S/C13H10NO2/c15-14-9-10-5-1-3-7-12(10)16-13-8-4-2-6-11(13)14/h1-8H,9H2/q+1. The summed E-state index contributed by atoms with van der Waals surface area (Å²) in [6.45, 7) is 0.327. The minimum absolute atomic E-state index is 0.327. The number of benzene rings is 2. The number of hydrogen-bond donors (Lipinski definition) is 0. The molecule has 0 unspecified atom stereocenters. The highest BCUT2D eigenvalue weighted by Crippen LogP contribution is 2.36. The second kappa shape index (κ2) is 3.45. The van der Waals surface area contributed by atoms with E-state index in [2.05, 4.69) is 0 Å². The third kappa shape index (κ3) is 1.37. The Labute approximate surface area is 92.9 Å². The van der Waals surface area contributed by atoms with Crippen LogP contribution in [0.5, 0.6) is 11.5 Å². The largest absolute Gasteiger partial charge is 0.450 e. The van der Waals surface area contributed by atoms with Crippen molar-refractivity contribution in [1.82, 2.24) is 0 Å². The fourth-order valence-corrected chi connectivity index (χ4v) is 1.84. The molecule has 0 amide bonds. The van der Waals surface area contributed by atoms with Gasteiger partial charge in [0.25, 0.3) is 5.69 Å². The van der Waals surface area contributed by atoms with E-state index in [1.165, 1.54) is 0 Å². The van der Waals surface area contributed by atoms with Crippen molar-refractivity contribution in [3.05, 3.63) is 59.0 Å². The Morgan fingerprint density at radius 2 is 1.62 bits per heavy atom. The number of para-hydroxylation sites is 3. The van der Waals surface area contributed by atoms with Crippen LogP contribution < -0.4 is 4.74 Å². The third-order valence-electron chi connectivity index (χ3n) is 2.64. The summed E-state index contributed by atoms with van der Waals surface area (Å²) in [5.41, 5.74) is 1.49. The molecule has 0 saturated heterocycles. The van der Waals surface area contributed by atoms with Crippen LogP contribution in [-0.4, -0.2) is 4.76 Å². The second-order valence-electron chi connectivity index (χ2n) is 3.71. The zero-order valence-corrected chi connectivity index (χ0v) is 8.59. The maximum absolute atomic E-state index is 11.9. The minimum atomic E-state index is 0.327. The van der Waals surface area contributed by atoms with E-state index in [9.17, 15) is 4.91 Å². The van der Waals surface area contributed by atoms with Gasteiger partial charge in [-0.1, -0.05) is 24.3 Å². The van der Waals surface area contributed by atoms with Gasteiger partial charge < -0.3 is 4.74 Å². The molecule has 3 nitrogen and oxygen atoms in total. The maximum Gasteiger partial charge on any atom is 0.298 e. The monoisotopic (exact) mass is 212 g/mol. The molecule has 2 aromatic carbocycles. The molecule has 0 aliphatic carbocycles. The Bertz CT molecular complexity index is 563. The van der Waals surface area contributed by atoms with Crippen LogP contribution in [0.3, 0.4) is 0 Å². The molecule has 0 fully saturated rings. The van der Waals surface area contributed by atoms with Crippen molar-refractivity contribution in [3.63, 3.8) is 0 Å². The van der Waals surface area contributed by atoms with Crippen LogP contribution in [0.4, 0.5) is 5.69 Å². The van der Waals surface area contributed by atoms with E-state index < -0.39 is 0 Å². The van der Waals surface area contributed by atoms with Gasteiger partial charge in [-0.2, -0.15) is 0 Å².